The summed E-state index contributed by atoms with van der Waals surface area (Å²) in [5, 5.41) is 4.43. The molecule has 4 heterocycles. The van der Waals surface area contributed by atoms with Crippen LogP contribution in [0.4, 0.5) is 0 Å². The lowest BCUT2D eigenvalue weighted by Crippen LogP contribution is -2.07. The second-order valence-electron chi connectivity index (χ2n) is 5.85. The Balaban J connectivity index is 1.77. The van der Waals surface area contributed by atoms with Gasteiger partial charge in [0.2, 0.25) is 0 Å². The maximum Gasteiger partial charge on any atom is 0.195 e. The fourth-order valence-corrected chi connectivity index (χ4v) is 2.91. The SMILES string of the molecule is CCc1c(Cn2ccnc2-c2ncccn2)nc2ccc(C(C)=O)nn12. The number of aryl methyl sites for hydroxylation is 1. The van der Waals surface area contributed by atoms with E-state index in [1.54, 1.807) is 35.2 Å². The highest BCUT2D eigenvalue weighted by atomic mass is 16.1. The summed E-state index contributed by atoms with van der Waals surface area (Å²) in [5.74, 6) is 1.18. The molecule has 4 aromatic rings. The lowest BCUT2D eigenvalue weighted by Gasteiger charge is -2.06. The molecule has 0 aliphatic heterocycles. The molecule has 0 spiro atoms. The zero-order valence-corrected chi connectivity index (χ0v) is 14.5. The maximum absolute atomic E-state index is 11.6. The number of rotatable bonds is 5. The lowest BCUT2D eigenvalue weighted by molar-refractivity contribution is 0.101. The highest BCUT2D eigenvalue weighted by Gasteiger charge is 2.16. The third-order valence-corrected chi connectivity index (χ3v) is 4.15. The van der Waals surface area contributed by atoms with E-state index in [-0.39, 0.29) is 5.78 Å². The van der Waals surface area contributed by atoms with E-state index in [2.05, 4.69) is 20.1 Å². The first-order valence-electron chi connectivity index (χ1n) is 8.34. The molecule has 0 unspecified atom stereocenters. The fraction of sp³-hybridized carbons (Fsp3) is 0.222. The Morgan fingerprint density at radius 2 is 1.92 bits per heavy atom. The summed E-state index contributed by atoms with van der Waals surface area (Å²) in [6.07, 6.45) is 7.73. The lowest BCUT2D eigenvalue weighted by atomic mass is 10.2. The summed E-state index contributed by atoms with van der Waals surface area (Å²) in [7, 11) is 0. The zero-order valence-electron chi connectivity index (χ0n) is 14.5. The Kier molecular flexibility index (Phi) is 4.00. The van der Waals surface area contributed by atoms with Gasteiger partial charge in [-0.05, 0) is 24.6 Å². The molecule has 0 radical (unpaired) electrons. The number of aromatic nitrogens is 7. The molecule has 0 aliphatic rings. The maximum atomic E-state index is 11.6. The van der Waals surface area contributed by atoms with E-state index in [1.807, 2.05) is 23.8 Å². The van der Waals surface area contributed by atoms with Crippen LogP contribution in [0.5, 0.6) is 0 Å². The molecule has 0 amide bonds. The van der Waals surface area contributed by atoms with Crippen LogP contribution < -0.4 is 0 Å². The number of carbonyl (C=O) groups is 1. The van der Waals surface area contributed by atoms with Crippen molar-refractivity contribution >= 4 is 11.4 Å². The van der Waals surface area contributed by atoms with Crippen LogP contribution in [0.1, 0.15) is 35.7 Å². The first-order valence-corrected chi connectivity index (χ1v) is 8.34. The molecule has 0 atom stereocenters. The van der Waals surface area contributed by atoms with Gasteiger partial charge in [0.25, 0.3) is 0 Å². The van der Waals surface area contributed by atoms with Crippen molar-refractivity contribution in [2.75, 3.05) is 0 Å². The van der Waals surface area contributed by atoms with Crippen molar-refractivity contribution in [1.82, 2.24) is 34.1 Å². The normalized spacial score (nSPS) is 11.2. The second-order valence-corrected chi connectivity index (χ2v) is 5.85. The van der Waals surface area contributed by atoms with E-state index in [1.165, 1.54) is 6.92 Å². The minimum Gasteiger partial charge on any atom is -0.322 e. The van der Waals surface area contributed by atoms with Gasteiger partial charge in [0.1, 0.15) is 5.69 Å². The quantitative estimate of drug-likeness (QED) is 0.514. The number of Topliss-reactive ketones (excluding diaryl/α,β-unsaturated/α-hetero) is 1. The zero-order chi connectivity index (χ0) is 18.1. The minimum absolute atomic E-state index is 0.0673. The van der Waals surface area contributed by atoms with Gasteiger partial charge in [-0.15, -0.1) is 0 Å². The molecular weight excluding hydrogens is 330 g/mol. The van der Waals surface area contributed by atoms with Crippen LogP contribution >= 0.6 is 0 Å². The largest absolute Gasteiger partial charge is 0.322 e. The van der Waals surface area contributed by atoms with Crippen LogP contribution in [-0.4, -0.2) is 39.9 Å². The average molecular weight is 347 g/mol. The summed E-state index contributed by atoms with van der Waals surface area (Å²) in [5.41, 5.74) is 3.00. The molecular formula is C18H17N7O. The molecule has 4 rings (SSSR count). The number of imidazole rings is 2. The van der Waals surface area contributed by atoms with E-state index in [0.29, 0.717) is 23.9 Å². The van der Waals surface area contributed by atoms with Crippen molar-refractivity contribution in [2.24, 2.45) is 0 Å². The predicted octanol–water partition coefficient (Wildman–Crippen LogP) is 2.20. The van der Waals surface area contributed by atoms with E-state index in [0.717, 1.165) is 23.5 Å². The van der Waals surface area contributed by atoms with Gasteiger partial charge in [-0.25, -0.2) is 24.5 Å². The predicted molar refractivity (Wildman–Crippen MR) is 94.7 cm³/mol. The Labute approximate surface area is 149 Å². The molecule has 8 nitrogen and oxygen atoms in total. The van der Waals surface area contributed by atoms with Gasteiger partial charge in [-0.3, -0.25) is 4.79 Å². The van der Waals surface area contributed by atoms with Crippen molar-refractivity contribution in [3.63, 3.8) is 0 Å². The number of ketones is 1. The third kappa shape index (κ3) is 2.75. The second kappa shape index (κ2) is 6.47. The van der Waals surface area contributed by atoms with E-state index >= 15 is 0 Å². The van der Waals surface area contributed by atoms with Crippen molar-refractivity contribution < 1.29 is 4.79 Å². The first kappa shape index (κ1) is 16.1. The molecule has 26 heavy (non-hydrogen) atoms. The molecule has 4 aromatic heterocycles. The smallest absolute Gasteiger partial charge is 0.195 e. The number of fused-ring (bicyclic) bond motifs is 1. The van der Waals surface area contributed by atoms with Crippen molar-refractivity contribution in [2.45, 2.75) is 26.8 Å². The van der Waals surface area contributed by atoms with Crippen molar-refractivity contribution in [1.29, 1.82) is 0 Å². The fourth-order valence-electron chi connectivity index (χ4n) is 2.91. The van der Waals surface area contributed by atoms with Crippen LogP contribution in [-0.2, 0) is 13.0 Å². The highest BCUT2D eigenvalue weighted by molar-refractivity contribution is 5.92. The van der Waals surface area contributed by atoms with Gasteiger partial charge < -0.3 is 4.57 Å². The third-order valence-electron chi connectivity index (χ3n) is 4.15. The Bertz CT molecular complexity index is 1080. The van der Waals surface area contributed by atoms with Gasteiger partial charge in [-0.1, -0.05) is 6.92 Å². The summed E-state index contributed by atoms with van der Waals surface area (Å²) in [6, 6.07) is 5.29. The van der Waals surface area contributed by atoms with Crippen LogP contribution in [0.2, 0.25) is 0 Å². The number of hydrogen-bond acceptors (Lipinski definition) is 6. The molecule has 0 fully saturated rings. The summed E-state index contributed by atoms with van der Waals surface area (Å²) >= 11 is 0. The standard InChI is InChI=1S/C18H17N7O/c1-3-15-14(22-16-6-5-13(12(2)26)23-25(15)16)11-24-10-9-21-18(24)17-19-7-4-8-20-17/h4-10H,3,11H2,1-2H3. The molecule has 0 saturated heterocycles. The van der Waals surface area contributed by atoms with Gasteiger partial charge in [-0.2, -0.15) is 5.10 Å². The van der Waals surface area contributed by atoms with Gasteiger partial charge >= 0.3 is 0 Å². The van der Waals surface area contributed by atoms with Crippen LogP contribution in [0.25, 0.3) is 17.3 Å². The van der Waals surface area contributed by atoms with Crippen LogP contribution in [0.15, 0.2) is 43.0 Å². The molecule has 0 N–H and O–H groups in total. The molecule has 0 aromatic carbocycles. The Morgan fingerprint density at radius 1 is 1.12 bits per heavy atom. The van der Waals surface area contributed by atoms with E-state index in [9.17, 15) is 4.79 Å². The monoisotopic (exact) mass is 347 g/mol. The topological polar surface area (TPSA) is 90.9 Å². The highest BCUT2D eigenvalue weighted by Crippen LogP contribution is 2.18. The Hall–Kier alpha value is -3.42. The Morgan fingerprint density at radius 3 is 2.65 bits per heavy atom. The average Bonchev–Trinajstić information content (AvgIpc) is 3.25. The van der Waals surface area contributed by atoms with Crippen molar-refractivity contribution in [3.8, 4) is 11.6 Å². The minimum atomic E-state index is -0.0673. The summed E-state index contributed by atoms with van der Waals surface area (Å²) in [6.45, 7) is 4.08. The molecule has 0 aliphatic carbocycles. The van der Waals surface area contributed by atoms with E-state index < -0.39 is 0 Å². The van der Waals surface area contributed by atoms with Crippen LogP contribution in [0, 0.1) is 0 Å². The van der Waals surface area contributed by atoms with Gasteiger partial charge in [0.05, 0.1) is 17.9 Å². The first-order chi connectivity index (χ1) is 12.7. The van der Waals surface area contributed by atoms with Crippen LogP contribution in [0.3, 0.4) is 0 Å². The van der Waals surface area contributed by atoms with E-state index in [4.69, 9.17) is 4.98 Å². The molecule has 130 valence electrons. The summed E-state index contributed by atoms with van der Waals surface area (Å²) in [4.78, 5) is 29.2. The molecule has 8 heteroatoms. The van der Waals surface area contributed by atoms with Gasteiger partial charge in [0, 0.05) is 31.7 Å². The molecule has 0 saturated carbocycles. The van der Waals surface area contributed by atoms with Gasteiger partial charge in [0.15, 0.2) is 23.1 Å². The van der Waals surface area contributed by atoms with Crippen molar-refractivity contribution in [3.05, 3.63) is 60.1 Å². The molecule has 0 bridgehead atoms. The number of nitrogens with zero attached hydrogens (tertiary/aromatic N) is 7. The number of hydrogen-bond donors (Lipinski definition) is 0. The summed E-state index contributed by atoms with van der Waals surface area (Å²) < 4.78 is 3.71. The number of carbonyl (C=O) groups excluding carboxylic acids is 1.